The lowest BCUT2D eigenvalue weighted by atomic mass is 10.1. The van der Waals surface area contributed by atoms with Crippen LogP contribution in [0.4, 0.5) is 0 Å². The molecular weight excluding hydrogens is 442 g/mol. The average molecular weight is 472 g/mol. The molecule has 2 aromatic carbocycles. The Morgan fingerprint density at radius 1 is 1.03 bits per heavy atom. The van der Waals surface area contributed by atoms with Crippen molar-refractivity contribution in [3.63, 3.8) is 0 Å². The highest BCUT2D eigenvalue weighted by Gasteiger charge is 2.43. The van der Waals surface area contributed by atoms with E-state index in [1.807, 2.05) is 12.1 Å². The molecule has 0 aromatic heterocycles. The highest BCUT2D eigenvalue weighted by molar-refractivity contribution is 7.90. The van der Waals surface area contributed by atoms with Gasteiger partial charge in [0.2, 0.25) is 0 Å². The maximum absolute atomic E-state index is 13.1. The van der Waals surface area contributed by atoms with E-state index in [-0.39, 0.29) is 16.4 Å². The normalized spacial score (nSPS) is 18.0. The van der Waals surface area contributed by atoms with Crippen molar-refractivity contribution in [3.05, 3.63) is 59.2 Å². The van der Waals surface area contributed by atoms with Gasteiger partial charge in [0.05, 0.1) is 12.7 Å². The van der Waals surface area contributed by atoms with E-state index in [9.17, 15) is 18.0 Å². The first-order chi connectivity index (χ1) is 15.7. The van der Waals surface area contributed by atoms with Crippen molar-refractivity contribution in [1.82, 2.24) is 14.1 Å². The third-order valence-electron chi connectivity index (χ3n) is 6.20. The molecule has 2 amide bonds. The van der Waals surface area contributed by atoms with Crippen LogP contribution in [0.1, 0.15) is 40.1 Å². The Hall–Kier alpha value is -2.91. The summed E-state index contributed by atoms with van der Waals surface area (Å²) in [4.78, 5) is 29.6. The topological polar surface area (TPSA) is 87.2 Å². The van der Waals surface area contributed by atoms with Gasteiger partial charge in [-0.3, -0.25) is 14.5 Å². The Labute approximate surface area is 194 Å². The summed E-state index contributed by atoms with van der Waals surface area (Å²) in [6.07, 6.45) is 0.918. The van der Waals surface area contributed by atoms with Gasteiger partial charge in [0.15, 0.2) is 0 Å². The number of carbonyl (C=O) groups excluding carboxylic acids is 2. The second-order valence-corrected chi connectivity index (χ2v) is 10.4. The molecule has 0 spiro atoms. The van der Waals surface area contributed by atoms with Gasteiger partial charge in [-0.05, 0) is 56.2 Å². The fourth-order valence-corrected chi connectivity index (χ4v) is 6.12. The SMILES string of the molecule is COc1ccc(CCN2CCN(C(=O)c3ccc4c(c3)S(=O)(=O)N(C(C)C)C4=O)CC2)cc1. The number of hydrogen-bond donors (Lipinski definition) is 0. The molecule has 2 heterocycles. The van der Waals surface area contributed by atoms with Crippen molar-refractivity contribution in [2.45, 2.75) is 31.2 Å². The standard InChI is InChI=1S/C24H29N3O5S/c1-17(2)27-24(29)21-9-6-19(16-22(21)33(27,30)31)23(28)26-14-12-25(13-15-26)11-10-18-4-7-20(32-3)8-5-18/h4-9,16-17H,10-15H2,1-3H3. The van der Waals surface area contributed by atoms with Crippen LogP contribution < -0.4 is 4.74 Å². The maximum atomic E-state index is 13.1. The quantitative estimate of drug-likeness (QED) is 0.642. The summed E-state index contributed by atoms with van der Waals surface area (Å²) in [7, 11) is -2.28. The zero-order valence-corrected chi connectivity index (χ0v) is 20.0. The number of carbonyl (C=O) groups is 2. The number of rotatable bonds is 6. The molecule has 4 rings (SSSR count). The molecule has 0 unspecified atom stereocenters. The summed E-state index contributed by atoms with van der Waals surface area (Å²) in [5.41, 5.74) is 1.66. The molecule has 9 heteroatoms. The highest BCUT2D eigenvalue weighted by Crippen LogP contribution is 2.33. The Kier molecular flexibility index (Phi) is 6.45. The van der Waals surface area contributed by atoms with Crippen molar-refractivity contribution in [1.29, 1.82) is 0 Å². The number of fused-ring (bicyclic) bond motifs is 1. The van der Waals surface area contributed by atoms with Crippen LogP contribution >= 0.6 is 0 Å². The minimum Gasteiger partial charge on any atom is -0.497 e. The third-order valence-corrected chi connectivity index (χ3v) is 8.20. The summed E-state index contributed by atoms with van der Waals surface area (Å²) < 4.78 is 31.7. The Bertz CT molecular complexity index is 1150. The second-order valence-electron chi connectivity index (χ2n) is 8.64. The first-order valence-electron chi connectivity index (χ1n) is 11.1. The zero-order chi connectivity index (χ0) is 23.8. The molecule has 0 aliphatic carbocycles. The number of benzene rings is 2. The van der Waals surface area contributed by atoms with Crippen LogP contribution in [0.25, 0.3) is 0 Å². The Balaban J connectivity index is 1.38. The largest absolute Gasteiger partial charge is 0.497 e. The zero-order valence-electron chi connectivity index (χ0n) is 19.2. The first-order valence-corrected chi connectivity index (χ1v) is 12.5. The Morgan fingerprint density at radius 2 is 1.70 bits per heavy atom. The maximum Gasteiger partial charge on any atom is 0.269 e. The van der Waals surface area contributed by atoms with Crippen molar-refractivity contribution in [2.24, 2.45) is 0 Å². The summed E-state index contributed by atoms with van der Waals surface area (Å²) >= 11 is 0. The molecule has 8 nitrogen and oxygen atoms in total. The number of sulfonamides is 1. The molecule has 0 atom stereocenters. The fourth-order valence-electron chi connectivity index (χ4n) is 4.33. The molecule has 33 heavy (non-hydrogen) atoms. The van der Waals surface area contributed by atoms with Crippen LogP contribution in [0, 0.1) is 0 Å². The van der Waals surface area contributed by atoms with E-state index in [4.69, 9.17) is 4.74 Å². The molecule has 2 aliphatic rings. The average Bonchev–Trinajstić information content (AvgIpc) is 3.02. The van der Waals surface area contributed by atoms with Crippen LogP contribution in [0.2, 0.25) is 0 Å². The van der Waals surface area contributed by atoms with Gasteiger partial charge in [-0.15, -0.1) is 0 Å². The highest BCUT2D eigenvalue weighted by atomic mass is 32.2. The van der Waals surface area contributed by atoms with Crippen molar-refractivity contribution in [3.8, 4) is 5.75 Å². The number of amides is 2. The van der Waals surface area contributed by atoms with Crippen LogP contribution in [-0.2, 0) is 16.4 Å². The van der Waals surface area contributed by atoms with Crippen molar-refractivity contribution in [2.75, 3.05) is 39.8 Å². The van der Waals surface area contributed by atoms with E-state index >= 15 is 0 Å². The van der Waals surface area contributed by atoms with E-state index in [0.29, 0.717) is 18.7 Å². The number of methoxy groups -OCH3 is 1. The Morgan fingerprint density at radius 3 is 2.30 bits per heavy atom. The molecule has 1 fully saturated rings. The number of ether oxygens (including phenoxy) is 1. The van der Waals surface area contributed by atoms with Gasteiger partial charge in [-0.1, -0.05) is 12.1 Å². The lowest BCUT2D eigenvalue weighted by molar-refractivity contribution is 0.0637. The second kappa shape index (κ2) is 9.15. The van der Waals surface area contributed by atoms with Crippen LogP contribution in [0.15, 0.2) is 47.4 Å². The minimum absolute atomic E-state index is 0.0785. The minimum atomic E-state index is -3.93. The molecule has 0 saturated carbocycles. The smallest absolute Gasteiger partial charge is 0.269 e. The molecule has 176 valence electrons. The fraction of sp³-hybridized carbons (Fsp3) is 0.417. The van der Waals surface area contributed by atoms with E-state index in [2.05, 4.69) is 17.0 Å². The molecule has 1 saturated heterocycles. The lowest BCUT2D eigenvalue weighted by Gasteiger charge is -2.34. The third kappa shape index (κ3) is 4.47. The van der Waals surface area contributed by atoms with Gasteiger partial charge < -0.3 is 9.64 Å². The van der Waals surface area contributed by atoms with Gasteiger partial charge in [0.1, 0.15) is 10.6 Å². The van der Waals surface area contributed by atoms with E-state index in [1.165, 1.54) is 17.7 Å². The van der Waals surface area contributed by atoms with E-state index < -0.39 is 22.0 Å². The van der Waals surface area contributed by atoms with E-state index in [0.717, 1.165) is 36.1 Å². The van der Waals surface area contributed by atoms with Crippen molar-refractivity contribution < 1.29 is 22.7 Å². The van der Waals surface area contributed by atoms with Crippen LogP contribution in [0.3, 0.4) is 0 Å². The van der Waals surface area contributed by atoms with Gasteiger partial charge in [-0.2, -0.15) is 0 Å². The predicted molar refractivity (Wildman–Crippen MR) is 124 cm³/mol. The van der Waals surface area contributed by atoms with Crippen molar-refractivity contribution >= 4 is 21.8 Å². The lowest BCUT2D eigenvalue weighted by Crippen LogP contribution is -2.49. The van der Waals surface area contributed by atoms with Gasteiger partial charge in [0.25, 0.3) is 21.8 Å². The summed E-state index contributed by atoms with van der Waals surface area (Å²) in [6.45, 7) is 6.86. The van der Waals surface area contributed by atoms with Gasteiger partial charge in [-0.25, -0.2) is 12.7 Å². The molecule has 2 aromatic rings. The first kappa shape index (κ1) is 23.3. The summed E-state index contributed by atoms with van der Waals surface area (Å²) in [5, 5.41) is 0. The molecular formula is C24H29N3O5S. The summed E-state index contributed by atoms with van der Waals surface area (Å²) in [5.74, 6) is 0.0919. The van der Waals surface area contributed by atoms with Crippen LogP contribution in [-0.4, -0.2) is 80.2 Å². The monoisotopic (exact) mass is 471 g/mol. The van der Waals surface area contributed by atoms with Crippen LogP contribution in [0.5, 0.6) is 5.75 Å². The number of nitrogens with zero attached hydrogens (tertiary/aromatic N) is 3. The van der Waals surface area contributed by atoms with E-state index in [1.54, 1.807) is 31.9 Å². The summed E-state index contributed by atoms with van der Waals surface area (Å²) in [6, 6.07) is 11.9. The number of piperazine rings is 1. The van der Waals surface area contributed by atoms with Gasteiger partial charge >= 0.3 is 0 Å². The molecule has 0 N–H and O–H groups in total. The molecule has 0 radical (unpaired) electrons. The molecule has 2 aliphatic heterocycles. The molecule has 0 bridgehead atoms. The predicted octanol–water partition coefficient (Wildman–Crippen LogP) is 2.25. The van der Waals surface area contributed by atoms with Gasteiger partial charge in [0, 0.05) is 44.3 Å². The number of hydrogen-bond acceptors (Lipinski definition) is 6.